The van der Waals surface area contributed by atoms with E-state index in [0.717, 1.165) is 49.3 Å². The number of benzene rings is 1. The lowest BCUT2D eigenvalue weighted by atomic mass is 9.91. The smallest absolute Gasteiger partial charge is 0.219 e. The largest absolute Gasteiger partial charge is 0.343 e. The molecule has 0 saturated carbocycles. The normalized spacial score (nSPS) is 18.0. The monoisotopic (exact) mass is 309 g/mol. The maximum Gasteiger partial charge on any atom is 0.219 e. The summed E-state index contributed by atoms with van der Waals surface area (Å²) in [4.78, 5) is 22.8. The van der Waals surface area contributed by atoms with Gasteiger partial charge in [-0.1, -0.05) is 24.3 Å². The number of aryl methyl sites for hydroxylation is 1. The van der Waals surface area contributed by atoms with E-state index in [1.165, 1.54) is 5.56 Å². The molecular formula is C19H23N3O. The Bertz CT molecular complexity index is 699. The van der Waals surface area contributed by atoms with E-state index >= 15 is 0 Å². The average Bonchev–Trinajstić information content (AvgIpc) is 2.56. The molecule has 23 heavy (non-hydrogen) atoms. The van der Waals surface area contributed by atoms with Crippen LogP contribution in [-0.4, -0.2) is 33.9 Å². The van der Waals surface area contributed by atoms with E-state index in [0.29, 0.717) is 5.92 Å². The van der Waals surface area contributed by atoms with Crippen LogP contribution in [0.15, 0.2) is 36.7 Å². The number of carbonyl (C=O) groups is 1. The minimum Gasteiger partial charge on any atom is -0.343 e. The molecule has 0 unspecified atom stereocenters. The first kappa shape index (κ1) is 15.7. The summed E-state index contributed by atoms with van der Waals surface area (Å²) < 4.78 is 0. The summed E-state index contributed by atoms with van der Waals surface area (Å²) in [5, 5.41) is 0. The van der Waals surface area contributed by atoms with Crippen LogP contribution in [0.25, 0.3) is 11.3 Å². The molecule has 0 bridgehead atoms. The van der Waals surface area contributed by atoms with Crippen molar-refractivity contribution in [3.63, 3.8) is 0 Å². The van der Waals surface area contributed by atoms with Crippen molar-refractivity contribution in [2.75, 3.05) is 13.1 Å². The van der Waals surface area contributed by atoms with Gasteiger partial charge in [0.1, 0.15) is 0 Å². The average molecular weight is 309 g/mol. The lowest BCUT2D eigenvalue weighted by molar-refractivity contribution is -0.130. The van der Waals surface area contributed by atoms with Gasteiger partial charge < -0.3 is 4.90 Å². The molecule has 1 atom stereocenters. The van der Waals surface area contributed by atoms with Crippen LogP contribution in [0.5, 0.6) is 0 Å². The summed E-state index contributed by atoms with van der Waals surface area (Å²) in [5.41, 5.74) is 4.38. The highest BCUT2D eigenvalue weighted by molar-refractivity contribution is 5.73. The van der Waals surface area contributed by atoms with E-state index in [2.05, 4.69) is 29.0 Å². The van der Waals surface area contributed by atoms with Gasteiger partial charge in [0.05, 0.1) is 11.4 Å². The lowest BCUT2D eigenvalue weighted by Crippen LogP contribution is -2.39. The fourth-order valence-electron chi connectivity index (χ4n) is 3.37. The Labute approximate surface area is 137 Å². The van der Waals surface area contributed by atoms with Crippen LogP contribution in [0.4, 0.5) is 0 Å². The summed E-state index contributed by atoms with van der Waals surface area (Å²) >= 11 is 0. The number of likely N-dealkylation sites (tertiary alicyclic amines) is 1. The molecule has 1 saturated heterocycles. The number of rotatable bonds is 3. The number of carbonyl (C=O) groups excluding carboxylic acids is 1. The Morgan fingerprint density at radius 1 is 1.26 bits per heavy atom. The molecule has 1 aromatic carbocycles. The standard InChI is InChI=1S/C19H23N3O/c1-14-6-3-4-8-17(14)19-18(20-9-10-21-19)12-16-7-5-11-22(13-16)15(2)23/h3-4,6,8-10,16H,5,7,11-13H2,1-2H3/t16-/m1/s1. The Morgan fingerprint density at radius 2 is 2.04 bits per heavy atom. The zero-order valence-corrected chi connectivity index (χ0v) is 13.8. The van der Waals surface area contributed by atoms with Gasteiger partial charge in [0.25, 0.3) is 0 Å². The number of aromatic nitrogens is 2. The number of amides is 1. The van der Waals surface area contributed by atoms with Crippen LogP contribution in [0.1, 0.15) is 31.0 Å². The van der Waals surface area contributed by atoms with Gasteiger partial charge >= 0.3 is 0 Å². The van der Waals surface area contributed by atoms with Crippen molar-refractivity contribution in [1.29, 1.82) is 0 Å². The molecule has 2 heterocycles. The molecule has 4 nitrogen and oxygen atoms in total. The molecule has 0 aliphatic carbocycles. The molecule has 1 amide bonds. The molecule has 1 aliphatic heterocycles. The number of hydrogen-bond donors (Lipinski definition) is 0. The maximum absolute atomic E-state index is 11.6. The fourth-order valence-corrected chi connectivity index (χ4v) is 3.37. The Balaban J connectivity index is 1.84. The maximum atomic E-state index is 11.6. The van der Waals surface area contributed by atoms with Crippen molar-refractivity contribution in [1.82, 2.24) is 14.9 Å². The van der Waals surface area contributed by atoms with Crippen molar-refractivity contribution in [2.24, 2.45) is 5.92 Å². The predicted molar refractivity (Wildman–Crippen MR) is 90.9 cm³/mol. The molecule has 0 radical (unpaired) electrons. The first-order chi connectivity index (χ1) is 11.1. The second-order valence-corrected chi connectivity index (χ2v) is 6.34. The van der Waals surface area contributed by atoms with E-state index in [1.807, 2.05) is 17.0 Å². The van der Waals surface area contributed by atoms with E-state index in [9.17, 15) is 4.79 Å². The van der Waals surface area contributed by atoms with Gasteiger partial charge in [0.15, 0.2) is 0 Å². The topological polar surface area (TPSA) is 46.1 Å². The van der Waals surface area contributed by atoms with Crippen LogP contribution >= 0.6 is 0 Å². The summed E-state index contributed by atoms with van der Waals surface area (Å²) in [6, 6.07) is 8.29. The molecule has 120 valence electrons. The molecule has 4 heteroatoms. The predicted octanol–water partition coefficient (Wildman–Crippen LogP) is 3.25. The van der Waals surface area contributed by atoms with Gasteiger partial charge in [0, 0.05) is 38.0 Å². The van der Waals surface area contributed by atoms with E-state index in [4.69, 9.17) is 0 Å². The number of hydrogen-bond acceptors (Lipinski definition) is 3. The molecule has 1 aliphatic rings. The van der Waals surface area contributed by atoms with Crippen LogP contribution in [0.3, 0.4) is 0 Å². The zero-order valence-electron chi connectivity index (χ0n) is 13.8. The first-order valence-electron chi connectivity index (χ1n) is 8.26. The van der Waals surface area contributed by atoms with Crippen molar-refractivity contribution in [3.05, 3.63) is 47.9 Å². The van der Waals surface area contributed by atoms with Gasteiger partial charge in [0.2, 0.25) is 5.91 Å². The quantitative estimate of drug-likeness (QED) is 0.874. The summed E-state index contributed by atoms with van der Waals surface area (Å²) in [5.74, 6) is 0.639. The molecule has 2 aromatic rings. The molecule has 0 N–H and O–H groups in total. The minimum absolute atomic E-state index is 0.174. The fraction of sp³-hybridized carbons (Fsp3) is 0.421. The first-order valence-corrected chi connectivity index (χ1v) is 8.26. The second-order valence-electron chi connectivity index (χ2n) is 6.34. The van der Waals surface area contributed by atoms with E-state index in [-0.39, 0.29) is 5.91 Å². The third-order valence-electron chi connectivity index (χ3n) is 4.62. The van der Waals surface area contributed by atoms with Crippen LogP contribution in [0, 0.1) is 12.8 Å². The molecule has 1 fully saturated rings. The van der Waals surface area contributed by atoms with Gasteiger partial charge in [-0.05, 0) is 37.7 Å². The number of nitrogens with zero attached hydrogens (tertiary/aromatic N) is 3. The van der Waals surface area contributed by atoms with Gasteiger partial charge in [-0.3, -0.25) is 14.8 Å². The van der Waals surface area contributed by atoms with Gasteiger partial charge in [-0.2, -0.15) is 0 Å². The van der Waals surface area contributed by atoms with Crippen LogP contribution < -0.4 is 0 Å². The summed E-state index contributed by atoms with van der Waals surface area (Å²) in [6.45, 7) is 5.48. The second kappa shape index (κ2) is 6.90. The molecule has 1 aromatic heterocycles. The highest BCUT2D eigenvalue weighted by atomic mass is 16.2. The number of piperidine rings is 1. The molecule has 3 rings (SSSR count). The minimum atomic E-state index is 0.174. The molecular weight excluding hydrogens is 286 g/mol. The van der Waals surface area contributed by atoms with Gasteiger partial charge in [-0.15, -0.1) is 0 Å². The zero-order chi connectivity index (χ0) is 16.2. The van der Waals surface area contributed by atoms with Crippen LogP contribution in [-0.2, 0) is 11.2 Å². The highest BCUT2D eigenvalue weighted by Crippen LogP contribution is 2.27. The van der Waals surface area contributed by atoms with Gasteiger partial charge in [-0.25, -0.2) is 0 Å². The Kier molecular flexibility index (Phi) is 4.70. The van der Waals surface area contributed by atoms with Crippen LogP contribution in [0.2, 0.25) is 0 Å². The highest BCUT2D eigenvalue weighted by Gasteiger charge is 2.23. The van der Waals surface area contributed by atoms with E-state index < -0.39 is 0 Å². The van der Waals surface area contributed by atoms with E-state index in [1.54, 1.807) is 19.3 Å². The van der Waals surface area contributed by atoms with Crippen molar-refractivity contribution in [2.45, 2.75) is 33.1 Å². The lowest BCUT2D eigenvalue weighted by Gasteiger charge is -2.32. The summed E-state index contributed by atoms with van der Waals surface area (Å²) in [7, 11) is 0. The Morgan fingerprint density at radius 3 is 2.83 bits per heavy atom. The summed E-state index contributed by atoms with van der Waals surface area (Å²) in [6.07, 6.45) is 6.62. The van der Waals surface area contributed by atoms with Crippen molar-refractivity contribution >= 4 is 5.91 Å². The third kappa shape index (κ3) is 3.58. The van der Waals surface area contributed by atoms with Crippen molar-refractivity contribution in [3.8, 4) is 11.3 Å². The Hall–Kier alpha value is -2.23. The third-order valence-corrected chi connectivity index (χ3v) is 4.62. The SMILES string of the molecule is CC(=O)N1CCC[C@H](Cc2nccnc2-c2ccccc2C)C1. The molecule has 0 spiro atoms. The van der Waals surface area contributed by atoms with Crippen molar-refractivity contribution < 1.29 is 4.79 Å².